The summed E-state index contributed by atoms with van der Waals surface area (Å²) in [5, 5.41) is 0. The Balaban J connectivity index is 1.94. The van der Waals surface area contributed by atoms with Gasteiger partial charge in [-0.15, -0.1) is 0 Å². The highest BCUT2D eigenvalue weighted by Crippen LogP contribution is 2.31. The molecule has 3 rings (SSSR count). The third kappa shape index (κ3) is 3.05. The van der Waals surface area contributed by atoms with E-state index in [0.29, 0.717) is 23.5 Å². The summed E-state index contributed by atoms with van der Waals surface area (Å²) < 4.78 is 37.1. The molecule has 0 N–H and O–H groups in total. The van der Waals surface area contributed by atoms with Crippen molar-refractivity contribution >= 4 is 10.8 Å². The second-order valence-electron chi connectivity index (χ2n) is 5.42. The van der Waals surface area contributed by atoms with E-state index < -0.39 is 10.8 Å². The third-order valence-corrected chi connectivity index (χ3v) is 5.13. The predicted octanol–water partition coefficient (Wildman–Crippen LogP) is 3.62. The molecule has 3 nitrogen and oxygen atoms in total. The summed E-state index contributed by atoms with van der Waals surface area (Å²) >= 11 is 0. The first kappa shape index (κ1) is 15.2. The normalized spacial score (nSPS) is 15.0. The average Bonchev–Trinajstić information content (AvgIpc) is 2.49. The smallest absolute Gasteiger partial charge is 0.189 e. The molecule has 5 heteroatoms. The number of aryl methyl sites for hydroxylation is 2. The zero-order chi connectivity index (χ0) is 15.7. The van der Waals surface area contributed by atoms with Crippen LogP contribution in [-0.2, 0) is 27.9 Å². The van der Waals surface area contributed by atoms with E-state index in [0.717, 1.165) is 16.0 Å². The van der Waals surface area contributed by atoms with Crippen LogP contribution >= 0.6 is 0 Å². The maximum absolute atomic E-state index is 13.7. The first-order valence-electron chi connectivity index (χ1n) is 7.02. The van der Waals surface area contributed by atoms with Gasteiger partial charge in [-0.05, 0) is 43.2 Å². The number of ether oxygens (including phenoxy) is 2. The molecule has 0 radical (unpaired) electrons. The van der Waals surface area contributed by atoms with Crippen molar-refractivity contribution in [1.29, 1.82) is 0 Å². The number of fused-ring (bicyclic) bond motifs is 1. The van der Waals surface area contributed by atoms with Crippen LogP contribution in [0.15, 0.2) is 35.2 Å². The molecule has 0 amide bonds. The first-order chi connectivity index (χ1) is 10.5. The summed E-state index contributed by atoms with van der Waals surface area (Å²) in [5.74, 6) is 0.469. The first-order valence-corrected chi connectivity index (χ1v) is 8.34. The molecule has 1 aliphatic rings. The Kier molecular flexibility index (Phi) is 4.27. The van der Waals surface area contributed by atoms with E-state index >= 15 is 0 Å². The highest BCUT2D eigenvalue weighted by Gasteiger charge is 2.19. The minimum Gasteiger partial charge on any atom is -0.467 e. The Morgan fingerprint density at radius 1 is 1.23 bits per heavy atom. The van der Waals surface area contributed by atoms with E-state index in [1.807, 2.05) is 32.0 Å². The summed E-state index contributed by atoms with van der Waals surface area (Å²) in [6, 6.07) is 8.65. The molecular formula is C17H17FO3S. The van der Waals surface area contributed by atoms with Crippen LogP contribution in [0.4, 0.5) is 4.39 Å². The summed E-state index contributed by atoms with van der Waals surface area (Å²) in [4.78, 5) is 0.782. The Hall–Kier alpha value is -1.72. The lowest BCUT2D eigenvalue weighted by atomic mass is 10.1. The number of hydrogen-bond donors (Lipinski definition) is 0. The molecule has 2 aromatic rings. The summed E-state index contributed by atoms with van der Waals surface area (Å²) in [7, 11) is -1.25. The fourth-order valence-electron chi connectivity index (χ4n) is 2.54. The lowest BCUT2D eigenvalue weighted by Crippen LogP contribution is -2.14. The monoisotopic (exact) mass is 320 g/mol. The molecule has 0 unspecified atom stereocenters. The van der Waals surface area contributed by atoms with Crippen molar-refractivity contribution in [3.63, 3.8) is 0 Å². The van der Waals surface area contributed by atoms with Crippen LogP contribution in [0.5, 0.6) is 5.75 Å². The summed E-state index contributed by atoms with van der Waals surface area (Å²) in [5.41, 5.74) is 3.31. The van der Waals surface area contributed by atoms with Gasteiger partial charge in [-0.1, -0.05) is 12.1 Å². The lowest BCUT2D eigenvalue weighted by Gasteiger charge is -2.21. The molecule has 0 fully saturated rings. The summed E-state index contributed by atoms with van der Waals surface area (Å²) in [6.45, 7) is 4.35. The van der Waals surface area contributed by atoms with E-state index in [4.69, 9.17) is 9.47 Å². The van der Waals surface area contributed by atoms with Crippen molar-refractivity contribution in [2.75, 3.05) is 6.79 Å². The summed E-state index contributed by atoms with van der Waals surface area (Å²) in [6.07, 6.45) is 0. The topological polar surface area (TPSA) is 35.5 Å². The SMILES string of the molecule is Cc1ccc(C)c([S@](=O)Cc2cc(F)cc3c2OCOC3)c1. The molecule has 0 saturated carbocycles. The van der Waals surface area contributed by atoms with Crippen LogP contribution in [0.2, 0.25) is 0 Å². The molecule has 1 heterocycles. The van der Waals surface area contributed by atoms with Crippen molar-refractivity contribution < 1.29 is 18.1 Å². The Morgan fingerprint density at radius 3 is 2.86 bits per heavy atom. The maximum atomic E-state index is 13.7. The fourth-order valence-corrected chi connectivity index (χ4v) is 3.93. The average molecular weight is 320 g/mol. The van der Waals surface area contributed by atoms with E-state index in [9.17, 15) is 8.60 Å². The molecule has 0 spiro atoms. The van der Waals surface area contributed by atoms with Gasteiger partial charge in [0, 0.05) is 16.0 Å². The van der Waals surface area contributed by atoms with E-state index in [-0.39, 0.29) is 18.4 Å². The van der Waals surface area contributed by atoms with Gasteiger partial charge in [0.25, 0.3) is 0 Å². The second-order valence-corrected chi connectivity index (χ2v) is 6.84. The third-order valence-electron chi connectivity index (χ3n) is 3.63. The molecule has 116 valence electrons. The number of halogens is 1. The second kappa shape index (κ2) is 6.18. The van der Waals surface area contributed by atoms with Crippen LogP contribution in [0.3, 0.4) is 0 Å². The van der Waals surface area contributed by atoms with Gasteiger partial charge in [-0.25, -0.2) is 4.39 Å². The van der Waals surface area contributed by atoms with Crippen LogP contribution in [-0.4, -0.2) is 11.0 Å². The van der Waals surface area contributed by atoms with E-state index in [1.54, 1.807) is 0 Å². The van der Waals surface area contributed by atoms with Crippen molar-refractivity contribution in [1.82, 2.24) is 0 Å². The standard InChI is InChI=1S/C17H17FO3S/c1-11-3-4-12(2)16(5-11)22(19)9-14-7-15(18)6-13-8-20-10-21-17(13)14/h3-7H,8-10H2,1-2H3/t22-/m1/s1. The predicted molar refractivity (Wildman–Crippen MR) is 82.7 cm³/mol. The minimum atomic E-state index is -1.25. The molecule has 0 aliphatic carbocycles. The lowest BCUT2D eigenvalue weighted by molar-refractivity contribution is -0.0171. The molecule has 1 atom stereocenters. The molecule has 1 aliphatic heterocycles. The van der Waals surface area contributed by atoms with Crippen LogP contribution in [0.25, 0.3) is 0 Å². The minimum absolute atomic E-state index is 0.141. The van der Waals surface area contributed by atoms with Gasteiger partial charge in [-0.3, -0.25) is 4.21 Å². The van der Waals surface area contributed by atoms with E-state index in [1.165, 1.54) is 12.1 Å². The Bertz CT molecular complexity index is 743. The number of benzene rings is 2. The molecular weight excluding hydrogens is 303 g/mol. The van der Waals surface area contributed by atoms with Gasteiger partial charge in [0.15, 0.2) is 6.79 Å². The molecule has 0 saturated heterocycles. The van der Waals surface area contributed by atoms with Crippen molar-refractivity contribution in [3.8, 4) is 5.75 Å². The van der Waals surface area contributed by atoms with Gasteiger partial charge >= 0.3 is 0 Å². The maximum Gasteiger partial charge on any atom is 0.189 e. The van der Waals surface area contributed by atoms with Crippen molar-refractivity contribution in [3.05, 3.63) is 58.4 Å². The Labute approximate surface area is 131 Å². The number of rotatable bonds is 3. The van der Waals surface area contributed by atoms with Crippen LogP contribution in [0.1, 0.15) is 22.3 Å². The highest BCUT2D eigenvalue weighted by molar-refractivity contribution is 7.84. The van der Waals surface area contributed by atoms with Gasteiger partial charge in [0.2, 0.25) is 0 Å². The van der Waals surface area contributed by atoms with Crippen LogP contribution in [0, 0.1) is 19.7 Å². The largest absolute Gasteiger partial charge is 0.467 e. The zero-order valence-corrected chi connectivity index (χ0v) is 13.3. The number of hydrogen-bond acceptors (Lipinski definition) is 3. The van der Waals surface area contributed by atoms with E-state index in [2.05, 4.69) is 0 Å². The molecule has 2 aromatic carbocycles. The van der Waals surface area contributed by atoms with Gasteiger partial charge < -0.3 is 9.47 Å². The van der Waals surface area contributed by atoms with Gasteiger partial charge in [-0.2, -0.15) is 0 Å². The Morgan fingerprint density at radius 2 is 2.05 bits per heavy atom. The quantitative estimate of drug-likeness (QED) is 0.866. The molecule has 22 heavy (non-hydrogen) atoms. The molecule has 0 aromatic heterocycles. The van der Waals surface area contributed by atoms with Crippen molar-refractivity contribution in [2.24, 2.45) is 0 Å². The molecule has 0 bridgehead atoms. The van der Waals surface area contributed by atoms with Gasteiger partial charge in [0.05, 0.1) is 23.2 Å². The highest BCUT2D eigenvalue weighted by atomic mass is 32.2. The van der Waals surface area contributed by atoms with Crippen molar-refractivity contribution in [2.45, 2.75) is 31.1 Å². The fraction of sp³-hybridized carbons (Fsp3) is 0.294. The van der Waals surface area contributed by atoms with Crippen LogP contribution < -0.4 is 4.74 Å². The zero-order valence-electron chi connectivity index (χ0n) is 12.5. The van der Waals surface area contributed by atoms with Gasteiger partial charge in [0.1, 0.15) is 11.6 Å².